The second-order valence-corrected chi connectivity index (χ2v) is 5.78. The zero-order valence-corrected chi connectivity index (χ0v) is 12.8. The van der Waals surface area contributed by atoms with Gasteiger partial charge in [-0.3, -0.25) is 14.9 Å². The molecule has 0 saturated carbocycles. The average Bonchev–Trinajstić information content (AvgIpc) is 3.05. The van der Waals surface area contributed by atoms with E-state index in [1.807, 2.05) is 30.3 Å². The zero-order valence-electron chi connectivity index (χ0n) is 12.0. The number of anilines is 1. The van der Waals surface area contributed by atoms with Crippen LogP contribution in [0.5, 0.6) is 0 Å². The minimum absolute atomic E-state index is 0.345. The summed E-state index contributed by atoms with van der Waals surface area (Å²) in [4.78, 5) is 24.1. The average molecular weight is 315 g/mol. The van der Waals surface area contributed by atoms with Gasteiger partial charge in [-0.1, -0.05) is 41.7 Å². The van der Waals surface area contributed by atoms with Crippen molar-refractivity contribution in [1.29, 1.82) is 0 Å². The van der Waals surface area contributed by atoms with E-state index in [4.69, 9.17) is 0 Å². The maximum atomic E-state index is 12.2. The van der Waals surface area contributed by atoms with Crippen molar-refractivity contribution in [3.05, 3.63) is 30.3 Å². The fourth-order valence-electron chi connectivity index (χ4n) is 2.16. The molecule has 0 fully saturated rings. The molecule has 0 aliphatic carbocycles. The smallest absolute Gasteiger partial charge is 0.260 e. The van der Waals surface area contributed by atoms with Crippen molar-refractivity contribution in [3.63, 3.8) is 0 Å². The van der Waals surface area contributed by atoms with E-state index < -0.39 is 11.8 Å². The van der Waals surface area contributed by atoms with Crippen LogP contribution in [-0.4, -0.2) is 39.8 Å². The maximum Gasteiger partial charge on any atom is 0.260 e. The molecule has 3 rings (SSSR count). The van der Waals surface area contributed by atoms with Crippen LogP contribution >= 0.6 is 11.3 Å². The second kappa shape index (κ2) is 5.64. The molecular weight excluding hydrogens is 302 g/mol. The van der Waals surface area contributed by atoms with E-state index in [9.17, 15) is 9.59 Å². The molecule has 2 aromatic rings. The molecule has 0 spiro atoms. The van der Waals surface area contributed by atoms with Gasteiger partial charge in [-0.2, -0.15) is 5.10 Å². The predicted octanol–water partition coefficient (Wildman–Crippen LogP) is 1.61. The summed E-state index contributed by atoms with van der Waals surface area (Å²) in [5.74, 6) is -1.68. The molecule has 0 radical (unpaired) electrons. The first kappa shape index (κ1) is 14.3. The summed E-state index contributed by atoms with van der Waals surface area (Å²) in [5, 5.41) is 16.8. The minimum Gasteiger partial charge on any atom is -0.299 e. The van der Waals surface area contributed by atoms with Crippen molar-refractivity contribution >= 4 is 34.0 Å². The second-order valence-electron chi connectivity index (χ2n) is 4.80. The number of benzene rings is 1. The third-order valence-electron chi connectivity index (χ3n) is 3.23. The van der Waals surface area contributed by atoms with E-state index in [1.165, 1.54) is 23.4 Å². The molecule has 2 amide bonds. The third kappa shape index (κ3) is 2.60. The van der Waals surface area contributed by atoms with Crippen molar-refractivity contribution in [2.75, 3.05) is 12.4 Å². The largest absolute Gasteiger partial charge is 0.299 e. The Morgan fingerprint density at radius 2 is 2.00 bits per heavy atom. The Hall–Kier alpha value is -2.61. The molecule has 22 heavy (non-hydrogen) atoms. The highest BCUT2D eigenvalue weighted by molar-refractivity contribution is 7.18. The summed E-state index contributed by atoms with van der Waals surface area (Å²) in [7, 11) is 1.53. The van der Waals surface area contributed by atoms with E-state index >= 15 is 0 Å². The van der Waals surface area contributed by atoms with Gasteiger partial charge in [0.2, 0.25) is 11.0 Å². The quantitative estimate of drug-likeness (QED) is 0.872. The molecule has 1 aromatic heterocycles. The van der Waals surface area contributed by atoms with Gasteiger partial charge in [-0.05, 0) is 6.92 Å². The van der Waals surface area contributed by atoms with Gasteiger partial charge in [0.15, 0.2) is 5.92 Å². The van der Waals surface area contributed by atoms with Gasteiger partial charge >= 0.3 is 0 Å². The molecule has 1 N–H and O–H groups in total. The zero-order chi connectivity index (χ0) is 15.7. The third-order valence-corrected chi connectivity index (χ3v) is 4.12. The highest BCUT2D eigenvalue weighted by atomic mass is 32.1. The Morgan fingerprint density at radius 3 is 2.64 bits per heavy atom. The fraction of sp³-hybridized carbons (Fsp3) is 0.214. The number of carbonyl (C=O) groups is 2. The molecule has 0 unspecified atom stereocenters. The first-order chi connectivity index (χ1) is 10.6. The van der Waals surface area contributed by atoms with Crippen LogP contribution in [0.2, 0.25) is 0 Å². The SMILES string of the molecule is CC1=NN(C)C(=O)[C@@H]1C(=O)Nc1nnc(-c2ccccc2)s1. The summed E-state index contributed by atoms with van der Waals surface area (Å²) in [5.41, 5.74) is 1.40. The van der Waals surface area contributed by atoms with E-state index in [-0.39, 0.29) is 5.91 Å². The number of hydrazone groups is 1. The van der Waals surface area contributed by atoms with Crippen molar-refractivity contribution in [2.24, 2.45) is 11.0 Å². The number of hydrogen-bond acceptors (Lipinski definition) is 6. The lowest BCUT2D eigenvalue weighted by molar-refractivity contribution is -0.134. The topological polar surface area (TPSA) is 87.5 Å². The highest BCUT2D eigenvalue weighted by Crippen LogP contribution is 2.26. The van der Waals surface area contributed by atoms with Gasteiger partial charge in [0.05, 0.1) is 5.71 Å². The van der Waals surface area contributed by atoms with Crippen LogP contribution in [-0.2, 0) is 9.59 Å². The highest BCUT2D eigenvalue weighted by Gasteiger charge is 2.37. The number of hydrogen-bond donors (Lipinski definition) is 1. The van der Waals surface area contributed by atoms with Crippen molar-refractivity contribution in [2.45, 2.75) is 6.92 Å². The summed E-state index contributed by atoms with van der Waals surface area (Å²) in [6.45, 7) is 1.65. The molecule has 8 heteroatoms. The first-order valence-corrected chi connectivity index (χ1v) is 7.40. The molecule has 2 heterocycles. The van der Waals surface area contributed by atoms with Gasteiger partial charge in [-0.15, -0.1) is 10.2 Å². The lowest BCUT2D eigenvalue weighted by atomic mass is 10.0. The van der Waals surface area contributed by atoms with Crippen molar-refractivity contribution in [1.82, 2.24) is 15.2 Å². The molecular formula is C14H13N5O2S. The van der Waals surface area contributed by atoms with Crippen molar-refractivity contribution < 1.29 is 9.59 Å². The van der Waals surface area contributed by atoms with Crippen molar-refractivity contribution in [3.8, 4) is 10.6 Å². The number of amides is 2. The number of nitrogens with one attached hydrogen (secondary N) is 1. The van der Waals surface area contributed by atoms with Gasteiger partial charge in [0.25, 0.3) is 5.91 Å². The lowest BCUT2D eigenvalue weighted by Crippen LogP contribution is -2.34. The number of nitrogens with zero attached hydrogens (tertiary/aromatic N) is 4. The number of carbonyl (C=O) groups excluding carboxylic acids is 2. The van der Waals surface area contributed by atoms with Gasteiger partial charge in [0, 0.05) is 12.6 Å². The number of rotatable bonds is 3. The van der Waals surface area contributed by atoms with Gasteiger partial charge in [0.1, 0.15) is 5.01 Å². The normalized spacial score (nSPS) is 17.5. The van der Waals surface area contributed by atoms with Gasteiger partial charge in [-0.25, -0.2) is 5.01 Å². The summed E-state index contributed by atoms with van der Waals surface area (Å²) < 4.78 is 0. The van der Waals surface area contributed by atoms with Crippen LogP contribution in [0.4, 0.5) is 5.13 Å². The molecule has 7 nitrogen and oxygen atoms in total. The predicted molar refractivity (Wildman–Crippen MR) is 83.3 cm³/mol. The Balaban J connectivity index is 1.75. The van der Waals surface area contributed by atoms with E-state index in [0.717, 1.165) is 5.56 Å². The lowest BCUT2D eigenvalue weighted by Gasteiger charge is -2.08. The first-order valence-electron chi connectivity index (χ1n) is 6.58. The Morgan fingerprint density at radius 1 is 1.27 bits per heavy atom. The molecule has 0 saturated heterocycles. The Labute approximate surface area is 130 Å². The minimum atomic E-state index is -0.894. The molecule has 1 aliphatic rings. The van der Waals surface area contributed by atoms with E-state index in [0.29, 0.717) is 15.9 Å². The number of aromatic nitrogens is 2. The van der Waals surface area contributed by atoms with Crippen LogP contribution in [0.1, 0.15) is 6.92 Å². The Kier molecular flexibility index (Phi) is 3.68. The summed E-state index contributed by atoms with van der Waals surface area (Å²) in [6, 6.07) is 9.55. The molecule has 1 atom stereocenters. The van der Waals surface area contributed by atoms with Crippen LogP contribution in [0.25, 0.3) is 10.6 Å². The van der Waals surface area contributed by atoms with Crippen LogP contribution in [0.15, 0.2) is 35.4 Å². The fourth-order valence-corrected chi connectivity index (χ4v) is 2.91. The monoisotopic (exact) mass is 315 g/mol. The van der Waals surface area contributed by atoms with Crippen LogP contribution < -0.4 is 5.32 Å². The molecule has 112 valence electrons. The molecule has 1 aromatic carbocycles. The molecule has 1 aliphatic heterocycles. The van der Waals surface area contributed by atoms with Crippen LogP contribution in [0.3, 0.4) is 0 Å². The Bertz CT molecular complexity index is 756. The van der Waals surface area contributed by atoms with E-state index in [2.05, 4.69) is 20.6 Å². The van der Waals surface area contributed by atoms with Crippen LogP contribution in [0, 0.1) is 5.92 Å². The summed E-state index contributed by atoms with van der Waals surface area (Å²) >= 11 is 1.26. The summed E-state index contributed by atoms with van der Waals surface area (Å²) in [6.07, 6.45) is 0. The van der Waals surface area contributed by atoms with Gasteiger partial charge < -0.3 is 0 Å². The maximum absolute atomic E-state index is 12.2. The standard InChI is InChI=1S/C14H13N5O2S/c1-8-10(13(21)19(2)18-8)11(20)15-14-17-16-12(22-14)9-6-4-3-5-7-9/h3-7,10H,1-2H3,(H,15,17,20)/t10-/m0/s1. The van der Waals surface area contributed by atoms with E-state index in [1.54, 1.807) is 6.92 Å². The molecule has 0 bridgehead atoms.